The highest BCUT2D eigenvalue weighted by atomic mass is 19.4. The number of hydrogen-bond donors (Lipinski definition) is 1. The van der Waals surface area contributed by atoms with E-state index < -0.39 is 18.6 Å². The standard InChI is InChI=1S/C17H24F3N3O/c1-14-5-2-3-6-15(14)11-22-7-4-8-23(10-9-22)12-16(24)21-13-17(18,19)20/h2-3,5-6H,4,7-13H2,1H3,(H,21,24). The number of nitrogens with zero attached hydrogens (tertiary/aromatic N) is 2. The molecule has 24 heavy (non-hydrogen) atoms. The van der Waals surface area contributed by atoms with Gasteiger partial charge >= 0.3 is 6.18 Å². The maximum atomic E-state index is 12.1. The Labute approximate surface area is 140 Å². The Morgan fingerprint density at radius 3 is 2.50 bits per heavy atom. The molecule has 0 spiro atoms. The third-order valence-electron chi connectivity index (χ3n) is 4.19. The van der Waals surface area contributed by atoms with E-state index in [1.54, 1.807) is 0 Å². The van der Waals surface area contributed by atoms with Crippen molar-refractivity contribution in [3.05, 3.63) is 35.4 Å². The molecule has 1 N–H and O–H groups in total. The highest BCUT2D eigenvalue weighted by molar-refractivity contribution is 5.78. The first kappa shape index (κ1) is 18.7. The molecule has 1 amide bonds. The van der Waals surface area contributed by atoms with Crippen molar-refractivity contribution in [3.63, 3.8) is 0 Å². The zero-order chi connectivity index (χ0) is 17.6. The second kappa shape index (κ2) is 8.48. The minimum absolute atomic E-state index is 0.0221. The van der Waals surface area contributed by atoms with Gasteiger partial charge in [0, 0.05) is 19.6 Å². The van der Waals surface area contributed by atoms with Crippen LogP contribution >= 0.6 is 0 Å². The normalized spacial score (nSPS) is 17.5. The van der Waals surface area contributed by atoms with Crippen LogP contribution in [0.2, 0.25) is 0 Å². The summed E-state index contributed by atoms with van der Waals surface area (Å²) in [4.78, 5) is 15.9. The van der Waals surface area contributed by atoms with Gasteiger partial charge in [-0.1, -0.05) is 24.3 Å². The molecule has 1 aromatic rings. The van der Waals surface area contributed by atoms with Crippen molar-refractivity contribution in [1.29, 1.82) is 0 Å². The lowest BCUT2D eigenvalue weighted by molar-refractivity contribution is -0.139. The lowest BCUT2D eigenvalue weighted by Crippen LogP contribution is -2.42. The Morgan fingerprint density at radius 1 is 1.12 bits per heavy atom. The number of amides is 1. The first-order chi connectivity index (χ1) is 11.3. The summed E-state index contributed by atoms with van der Waals surface area (Å²) in [6.45, 7) is 4.85. The topological polar surface area (TPSA) is 35.6 Å². The average Bonchev–Trinajstić information content (AvgIpc) is 2.72. The molecule has 0 aliphatic carbocycles. The molecule has 0 atom stereocenters. The van der Waals surface area contributed by atoms with Crippen LogP contribution in [0.15, 0.2) is 24.3 Å². The molecule has 4 nitrogen and oxygen atoms in total. The van der Waals surface area contributed by atoms with Crippen molar-refractivity contribution in [2.24, 2.45) is 0 Å². The van der Waals surface area contributed by atoms with Gasteiger partial charge in [-0.2, -0.15) is 13.2 Å². The van der Waals surface area contributed by atoms with Crippen molar-refractivity contribution >= 4 is 5.91 Å². The number of benzene rings is 1. The minimum atomic E-state index is -4.36. The summed E-state index contributed by atoms with van der Waals surface area (Å²) in [6.07, 6.45) is -3.46. The van der Waals surface area contributed by atoms with E-state index in [0.717, 1.165) is 32.6 Å². The van der Waals surface area contributed by atoms with E-state index in [2.05, 4.69) is 24.0 Å². The molecule has 0 unspecified atom stereocenters. The number of carbonyl (C=O) groups is 1. The SMILES string of the molecule is Cc1ccccc1CN1CCCN(CC(=O)NCC(F)(F)F)CC1. The molecule has 0 saturated carbocycles. The molecule has 0 bridgehead atoms. The maximum absolute atomic E-state index is 12.1. The average molecular weight is 343 g/mol. The second-order valence-electron chi connectivity index (χ2n) is 6.22. The maximum Gasteiger partial charge on any atom is 0.405 e. The quantitative estimate of drug-likeness (QED) is 0.890. The van der Waals surface area contributed by atoms with Crippen LogP contribution in [0.25, 0.3) is 0 Å². The van der Waals surface area contributed by atoms with Crippen molar-refractivity contribution in [1.82, 2.24) is 15.1 Å². The van der Waals surface area contributed by atoms with E-state index in [1.165, 1.54) is 11.1 Å². The van der Waals surface area contributed by atoms with Crippen LogP contribution in [-0.2, 0) is 11.3 Å². The largest absolute Gasteiger partial charge is 0.405 e. The van der Waals surface area contributed by atoms with Gasteiger partial charge in [-0.15, -0.1) is 0 Å². The summed E-state index contributed by atoms with van der Waals surface area (Å²) in [5.41, 5.74) is 2.54. The molecule has 1 aliphatic rings. The second-order valence-corrected chi connectivity index (χ2v) is 6.22. The number of alkyl halides is 3. The Morgan fingerprint density at radius 2 is 1.79 bits per heavy atom. The number of aryl methyl sites for hydroxylation is 1. The number of halogens is 3. The van der Waals surface area contributed by atoms with Crippen molar-refractivity contribution < 1.29 is 18.0 Å². The third-order valence-corrected chi connectivity index (χ3v) is 4.19. The number of carbonyl (C=O) groups excluding carboxylic acids is 1. The van der Waals surface area contributed by atoms with E-state index in [1.807, 2.05) is 22.3 Å². The Hall–Kier alpha value is -1.60. The predicted molar refractivity (Wildman–Crippen MR) is 86.6 cm³/mol. The Bertz CT molecular complexity index is 548. The molecule has 7 heteroatoms. The van der Waals surface area contributed by atoms with Gasteiger partial charge in [0.15, 0.2) is 0 Å². The number of hydrogen-bond acceptors (Lipinski definition) is 3. The van der Waals surface area contributed by atoms with Crippen molar-refractivity contribution in [2.75, 3.05) is 39.3 Å². The Kier molecular flexibility index (Phi) is 6.62. The predicted octanol–water partition coefficient (Wildman–Crippen LogP) is 2.18. The van der Waals surface area contributed by atoms with Gasteiger partial charge in [-0.05, 0) is 37.6 Å². The number of nitrogens with one attached hydrogen (secondary N) is 1. The Balaban J connectivity index is 1.78. The van der Waals surface area contributed by atoms with Crippen LogP contribution in [0.4, 0.5) is 13.2 Å². The molecule has 1 saturated heterocycles. The molecule has 1 heterocycles. The fourth-order valence-electron chi connectivity index (χ4n) is 2.83. The molecule has 0 aromatic heterocycles. The van der Waals surface area contributed by atoms with Gasteiger partial charge in [0.1, 0.15) is 6.54 Å². The fraction of sp³-hybridized carbons (Fsp3) is 0.588. The summed E-state index contributed by atoms with van der Waals surface area (Å²) >= 11 is 0. The summed E-state index contributed by atoms with van der Waals surface area (Å²) in [5, 5.41) is 1.93. The van der Waals surface area contributed by atoms with E-state index in [0.29, 0.717) is 6.54 Å². The van der Waals surface area contributed by atoms with Gasteiger partial charge in [0.2, 0.25) is 5.91 Å². The minimum Gasteiger partial charge on any atom is -0.346 e. The first-order valence-electron chi connectivity index (χ1n) is 8.16. The molecule has 1 aliphatic heterocycles. The third kappa shape index (κ3) is 6.49. The van der Waals surface area contributed by atoms with Crippen LogP contribution in [0.3, 0.4) is 0 Å². The summed E-state index contributed by atoms with van der Waals surface area (Å²) in [7, 11) is 0. The van der Waals surface area contributed by atoms with E-state index in [4.69, 9.17) is 0 Å². The summed E-state index contributed by atoms with van der Waals surface area (Å²) in [5.74, 6) is -0.570. The van der Waals surface area contributed by atoms with Crippen molar-refractivity contribution in [3.8, 4) is 0 Å². The lowest BCUT2D eigenvalue weighted by atomic mass is 10.1. The molecular weight excluding hydrogens is 319 g/mol. The van der Waals surface area contributed by atoms with Gasteiger partial charge in [0.05, 0.1) is 6.54 Å². The smallest absolute Gasteiger partial charge is 0.346 e. The fourth-order valence-corrected chi connectivity index (χ4v) is 2.83. The molecule has 0 radical (unpaired) electrons. The van der Waals surface area contributed by atoms with Gasteiger partial charge in [0.25, 0.3) is 0 Å². The number of rotatable bonds is 5. The summed E-state index contributed by atoms with van der Waals surface area (Å²) in [6, 6.07) is 8.24. The van der Waals surface area contributed by atoms with Gasteiger partial charge in [-0.25, -0.2) is 0 Å². The zero-order valence-electron chi connectivity index (χ0n) is 13.9. The highest BCUT2D eigenvalue weighted by Crippen LogP contribution is 2.13. The van der Waals surface area contributed by atoms with E-state index >= 15 is 0 Å². The lowest BCUT2D eigenvalue weighted by Gasteiger charge is -2.22. The van der Waals surface area contributed by atoms with Crippen LogP contribution in [0.5, 0.6) is 0 Å². The van der Waals surface area contributed by atoms with Crippen molar-refractivity contribution in [2.45, 2.75) is 26.1 Å². The van der Waals surface area contributed by atoms with Gasteiger partial charge < -0.3 is 5.32 Å². The van der Waals surface area contributed by atoms with Crippen LogP contribution < -0.4 is 5.32 Å². The van der Waals surface area contributed by atoms with Crippen LogP contribution in [0, 0.1) is 6.92 Å². The summed E-state index contributed by atoms with van der Waals surface area (Å²) < 4.78 is 36.3. The molecular formula is C17H24F3N3O. The molecule has 1 fully saturated rings. The molecule has 1 aromatic carbocycles. The molecule has 134 valence electrons. The zero-order valence-corrected chi connectivity index (χ0v) is 13.9. The van der Waals surface area contributed by atoms with Crippen LogP contribution in [0.1, 0.15) is 17.5 Å². The monoisotopic (exact) mass is 343 g/mol. The first-order valence-corrected chi connectivity index (χ1v) is 8.16. The van der Waals surface area contributed by atoms with E-state index in [9.17, 15) is 18.0 Å². The highest BCUT2D eigenvalue weighted by Gasteiger charge is 2.28. The van der Waals surface area contributed by atoms with E-state index in [-0.39, 0.29) is 6.54 Å². The van der Waals surface area contributed by atoms with Crippen LogP contribution in [-0.4, -0.2) is 61.2 Å². The molecule has 2 rings (SSSR count). The van der Waals surface area contributed by atoms with Gasteiger partial charge in [-0.3, -0.25) is 14.6 Å².